The smallest absolute Gasteiger partial charge is 0.230 e. The highest BCUT2D eigenvalue weighted by atomic mass is 16.1. The zero-order chi connectivity index (χ0) is 15.4. The lowest BCUT2D eigenvalue weighted by Gasteiger charge is -2.05. The van der Waals surface area contributed by atoms with E-state index in [9.17, 15) is 4.79 Å². The Labute approximate surface area is 130 Å². The van der Waals surface area contributed by atoms with Crippen LogP contribution < -0.4 is 5.32 Å². The summed E-state index contributed by atoms with van der Waals surface area (Å²) in [6, 6.07) is 20.1. The molecule has 1 fully saturated rings. The Kier molecular flexibility index (Phi) is 4.19. The molecule has 1 unspecified atom stereocenters. The van der Waals surface area contributed by atoms with E-state index >= 15 is 0 Å². The molecular weight excluding hydrogens is 274 g/mol. The standard InChI is InChI=1S/C18H19N3O/c1-14(12-18(22)19-16-10-6-3-7-11-16)20-21-13-17(21)15-8-4-2-5-9-15/h2-11,17H,12-13H2,1H3,(H,19,22)/b20-14+. The molecule has 1 N–H and O–H groups in total. The third-order valence-electron chi connectivity index (χ3n) is 3.54. The third-order valence-corrected chi connectivity index (χ3v) is 3.54. The summed E-state index contributed by atoms with van der Waals surface area (Å²) in [7, 11) is 0. The topological polar surface area (TPSA) is 44.5 Å². The summed E-state index contributed by atoms with van der Waals surface area (Å²) in [5.74, 6) is -0.0365. The number of amides is 1. The van der Waals surface area contributed by atoms with Gasteiger partial charge in [-0.15, -0.1) is 0 Å². The van der Waals surface area contributed by atoms with Gasteiger partial charge in [0.2, 0.25) is 5.91 Å². The van der Waals surface area contributed by atoms with Gasteiger partial charge in [0.1, 0.15) is 0 Å². The van der Waals surface area contributed by atoms with Crippen LogP contribution in [0.25, 0.3) is 0 Å². The Balaban J connectivity index is 1.52. The molecular formula is C18H19N3O. The Morgan fingerprint density at radius 2 is 1.77 bits per heavy atom. The van der Waals surface area contributed by atoms with Crippen LogP contribution in [0.15, 0.2) is 65.8 Å². The number of nitrogens with one attached hydrogen (secondary N) is 1. The van der Waals surface area contributed by atoms with Gasteiger partial charge in [0.15, 0.2) is 0 Å². The van der Waals surface area contributed by atoms with Crippen LogP contribution >= 0.6 is 0 Å². The van der Waals surface area contributed by atoms with Gasteiger partial charge in [-0.2, -0.15) is 5.10 Å². The largest absolute Gasteiger partial charge is 0.326 e. The number of hydrazone groups is 1. The number of hydrogen-bond donors (Lipinski definition) is 1. The highest BCUT2D eigenvalue weighted by molar-refractivity contribution is 6.05. The quantitative estimate of drug-likeness (QED) is 0.678. The lowest BCUT2D eigenvalue weighted by atomic mass is 10.2. The number of hydrogen-bond acceptors (Lipinski definition) is 3. The molecule has 1 atom stereocenters. The Morgan fingerprint density at radius 1 is 1.14 bits per heavy atom. The number of para-hydroxylation sites is 1. The van der Waals surface area contributed by atoms with Crippen LogP contribution in [0.2, 0.25) is 0 Å². The fraction of sp³-hybridized carbons (Fsp3) is 0.222. The molecule has 0 aromatic heterocycles. The minimum atomic E-state index is -0.0365. The van der Waals surface area contributed by atoms with Gasteiger partial charge in [-0.1, -0.05) is 48.5 Å². The molecule has 1 aliphatic rings. The molecule has 0 saturated carbocycles. The van der Waals surface area contributed by atoms with Crippen molar-refractivity contribution in [2.45, 2.75) is 19.4 Å². The first-order valence-corrected chi connectivity index (χ1v) is 7.43. The second-order valence-electron chi connectivity index (χ2n) is 5.47. The number of anilines is 1. The monoisotopic (exact) mass is 293 g/mol. The Hall–Kier alpha value is -2.62. The zero-order valence-electron chi connectivity index (χ0n) is 12.6. The molecule has 1 amide bonds. The lowest BCUT2D eigenvalue weighted by Crippen LogP contribution is -2.15. The summed E-state index contributed by atoms with van der Waals surface area (Å²) < 4.78 is 0. The maximum absolute atomic E-state index is 12.0. The van der Waals surface area contributed by atoms with Crippen LogP contribution in [0.4, 0.5) is 5.69 Å². The molecule has 4 heteroatoms. The number of rotatable bonds is 5. The maximum atomic E-state index is 12.0. The molecule has 0 spiro atoms. The number of nitrogens with zero attached hydrogens (tertiary/aromatic N) is 2. The van der Waals surface area contributed by atoms with Crippen molar-refractivity contribution in [2.75, 3.05) is 11.9 Å². The predicted octanol–water partition coefficient (Wildman–Crippen LogP) is 3.45. The van der Waals surface area contributed by atoms with Gasteiger partial charge in [0, 0.05) is 11.4 Å². The number of carbonyl (C=O) groups excluding carboxylic acids is 1. The average Bonchev–Trinajstić information content (AvgIpc) is 3.28. The molecule has 2 aromatic carbocycles. The summed E-state index contributed by atoms with van der Waals surface area (Å²) in [5, 5.41) is 9.40. The minimum Gasteiger partial charge on any atom is -0.326 e. The Bertz CT molecular complexity index is 667. The van der Waals surface area contributed by atoms with E-state index in [1.54, 1.807) is 0 Å². The molecule has 0 aliphatic carbocycles. The first-order valence-electron chi connectivity index (χ1n) is 7.43. The van der Waals surface area contributed by atoms with E-state index in [4.69, 9.17) is 0 Å². The van der Waals surface area contributed by atoms with E-state index < -0.39 is 0 Å². The van der Waals surface area contributed by atoms with E-state index in [2.05, 4.69) is 22.6 Å². The van der Waals surface area contributed by atoms with E-state index in [0.29, 0.717) is 12.5 Å². The first-order chi connectivity index (χ1) is 10.7. The van der Waals surface area contributed by atoms with Crippen LogP contribution in [0.5, 0.6) is 0 Å². The van der Waals surface area contributed by atoms with Gasteiger partial charge >= 0.3 is 0 Å². The number of benzene rings is 2. The van der Waals surface area contributed by atoms with Crippen LogP contribution in [0.1, 0.15) is 24.9 Å². The summed E-state index contributed by atoms with van der Waals surface area (Å²) in [4.78, 5) is 12.0. The molecule has 1 aliphatic heterocycles. The molecule has 22 heavy (non-hydrogen) atoms. The third kappa shape index (κ3) is 3.73. The second-order valence-corrected chi connectivity index (χ2v) is 5.47. The van der Waals surface area contributed by atoms with Gasteiger partial charge in [0.05, 0.1) is 19.0 Å². The van der Waals surface area contributed by atoms with Crippen LogP contribution in [0, 0.1) is 0 Å². The van der Waals surface area contributed by atoms with Crippen molar-refractivity contribution in [1.82, 2.24) is 5.01 Å². The highest BCUT2D eigenvalue weighted by Crippen LogP contribution is 2.34. The Morgan fingerprint density at radius 3 is 2.45 bits per heavy atom. The van der Waals surface area contributed by atoms with Crippen molar-refractivity contribution in [3.8, 4) is 0 Å². The normalized spacial score (nSPS) is 17.2. The van der Waals surface area contributed by atoms with Gasteiger partial charge in [-0.25, -0.2) is 0 Å². The summed E-state index contributed by atoms with van der Waals surface area (Å²) in [6.45, 7) is 2.81. The van der Waals surface area contributed by atoms with E-state index in [1.165, 1.54) is 5.56 Å². The van der Waals surface area contributed by atoms with Crippen molar-refractivity contribution in [2.24, 2.45) is 5.10 Å². The van der Waals surface area contributed by atoms with Crippen LogP contribution in [0.3, 0.4) is 0 Å². The molecule has 1 saturated heterocycles. The fourth-order valence-corrected chi connectivity index (χ4v) is 2.41. The maximum Gasteiger partial charge on any atom is 0.230 e. The molecule has 0 radical (unpaired) electrons. The van der Waals surface area contributed by atoms with E-state index in [1.807, 2.05) is 60.5 Å². The van der Waals surface area contributed by atoms with Crippen molar-refractivity contribution in [1.29, 1.82) is 0 Å². The minimum absolute atomic E-state index is 0.0365. The molecule has 4 nitrogen and oxygen atoms in total. The van der Waals surface area contributed by atoms with E-state index in [-0.39, 0.29) is 5.91 Å². The van der Waals surface area contributed by atoms with Gasteiger partial charge < -0.3 is 5.32 Å². The van der Waals surface area contributed by atoms with Crippen molar-refractivity contribution in [3.05, 3.63) is 66.2 Å². The van der Waals surface area contributed by atoms with Gasteiger partial charge in [-0.3, -0.25) is 9.80 Å². The van der Waals surface area contributed by atoms with Crippen molar-refractivity contribution >= 4 is 17.3 Å². The zero-order valence-corrected chi connectivity index (χ0v) is 12.6. The SMILES string of the molecule is C/C(CC(=O)Nc1ccccc1)=N\N1CC1c1ccccc1. The fourth-order valence-electron chi connectivity index (χ4n) is 2.41. The second kappa shape index (κ2) is 6.43. The molecule has 0 bridgehead atoms. The van der Waals surface area contributed by atoms with Crippen LogP contribution in [-0.2, 0) is 4.79 Å². The van der Waals surface area contributed by atoms with Gasteiger partial charge in [-0.05, 0) is 24.6 Å². The molecule has 1 heterocycles. The number of carbonyl (C=O) groups is 1. The van der Waals surface area contributed by atoms with Crippen LogP contribution in [-0.4, -0.2) is 23.2 Å². The highest BCUT2D eigenvalue weighted by Gasteiger charge is 2.34. The van der Waals surface area contributed by atoms with Crippen molar-refractivity contribution < 1.29 is 4.79 Å². The summed E-state index contributed by atoms with van der Waals surface area (Å²) >= 11 is 0. The van der Waals surface area contributed by atoms with E-state index in [0.717, 1.165) is 17.9 Å². The van der Waals surface area contributed by atoms with Crippen molar-refractivity contribution in [3.63, 3.8) is 0 Å². The molecule has 2 aromatic rings. The molecule has 3 rings (SSSR count). The summed E-state index contributed by atoms with van der Waals surface area (Å²) in [5.41, 5.74) is 2.91. The summed E-state index contributed by atoms with van der Waals surface area (Å²) in [6.07, 6.45) is 0.312. The van der Waals surface area contributed by atoms with Gasteiger partial charge in [0.25, 0.3) is 0 Å². The predicted molar refractivity (Wildman–Crippen MR) is 88.7 cm³/mol. The average molecular weight is 293 g/mol. The lowest BCUT2D eigenvalue weighted by molar-refractivity contribution is -0.115. The first kappa shape index (κ1) is 14.3. The molecule has 112 valence electrons.